The molecule has 0 bridgehead atoms. The standard InChI is InChI=1S/C18H21N3O6S/c1-10-13(21(24)25)9-15(28-10)16(22)19-11-6-7-14(26-5)12(8-11)20-17(23)27-18(2,3)4/h6-9H,1-5H3,(H,19,22)(H,20,23). The average Bonchev–Trinajstić information content (AvgIpc) is 2.95. The molecular weight excluding hydrogens is 386 g/mol. The van der Waals surface area contributed by atoms with Crippen LogP contribution in [0.2, 0.25) is 0 Å². The molecule has 2 N–H and O–H groups in total. The van der Waals surface area contributed by atoms with Gasteiger partial charge in [0.05, 0.1) is 27.5 Å². The molecule has 0 unspecified atom stereocenters. The van der Waals surface area contributed by atoms with Crippen molar-refractivity contribution in [3.63, 3.8) is 0 Å². The summed E-state index contributed by atoms with van der Waals surface area (Å²) < 4.78 is 10.4. The number of rotatable bonds is 5. The number of benzene rings is 1. The van der Waals surface area contributed by atoms with Gasteiger partial charge in [-0.05, 0) is 45.9 Å². The summed E-state index contributed by atoms with van der Waals surface area (Å²) in [7, 11) is 1.45. The summed E-state index contributed by atoms with van der Waals surface area (Å²) >= 11 is 1.03. The molecule has 1 aromatic carbocycles. The molecule has 0 saturated carbocycles. The number of ether oxygens (including phenoxy) is 2. The molecule has 0 spiro atoms. The lowest BCUT2D eigenvalue weighted by molar-refractivity contribution is -0.385. The van der Waals surface area contributed by atoms with Crippen LogP contribution in [0.5, 0.6) is 5.75 Å². The van der Waals surface area contributed by atoms with E-state index < -0.39 is 22.5 Å². The summed E-state index contributed by atoms with van der Waals surface area (Å²) in [4.78, 5) is 35.5. The molecule has 0 saturated heterocycles. The van der Waals surface area contributed by atoms with Crippen LogP contribution in [-0.2, 0) is 4.74 Å². The summed E-state index contributed by atoms with van der Waals surface area (Å²) in [5, 5.41) is 16.2. The van der Waals surface area contributed by atoms with Gasteiger partial charge in [0.25, 0.3) is 11.6 Å². The predicted molar refractivity (Wildman–Crippen MR) is 107 cm³/mol. The van der Waals surface area contributed by atoms with Crippen LogP contribution < -0.4 is 15.4 Å². The maximum absolute atomic E-state index is 12.4. The number of nitro groups is 1. The lowest BCUT2D eigenvalue weighted by Crippen LogP contribution is -2.27. The van der Waals surface area contributed by atoms with Crippen LogP contribution in [0, 0.1) is 17.0 Å². The van der Waals surface area contributed by atoms with Crippen molar-refractivity contribution in [2.45, 2.75) is 33.3 Å². The molecule has 0 fully saturated rings. The highest BCUT2D eigenvalue weighted by molar-refractivity contribution is 7.14. The van der Waals surface area contributed by atoms with Gasteiger partial charge in [-0.1, -0.05) is 0 Å². The Morgan fingerprint density at radius 3 is 2.39 bits per heavy atom. The van der Waals surface area contributed by atoms with E-state index in [1.54, 1.807) is 39.8 Å². The molecule has 0 atom stereocenters. The number of methoxy groups -OCH3 is 1. The Bertz CT molecular complexity index is 917. The van der Waals surface area contributed by atoms with Crippen molar-refractivity contribution < 1.29 is 24.0 Å². The monoisotopic (exact) mass is 407 g/mol. The van der Waals surface area contributed by atoms with Gasteiger partial charge < -0.3 is 14.8 Å². The number of anilines is 2. The molecule has 2 aromatic rings. The summed E-state index contributed by atoms with van der Waals surface area (Å²) in [6.07, 6.45) is -0.668. The van der Waals surface area contributed by atoms with Gasteiger partial charge >= 0.3 is 6.09 Å². The Morgan fingerprint density at radius 1 is 1.18 bits per heavy atom. The van der Waals surface area contributed by atoms with E-state index in [0.717, 1.165) is 11.3 Å². The van der Waals surface area contributed by atoms with E-state index >= 15 is 0 Å². The van der Waals surface area contributed by atoms with Crippen molar-refractivity contribution in [2.24, 2.45) is 0 Å². The number of hydrogen-bond donors (Lipinski definition) is 2. The average molecular weight is 407 g/mol. The predicted octanol–water partition coefficient (Wildman–Crippen LogP) is 4.57. The lowest BCUT2D eigenvalue weighted by atomic mass is 10.2. The summed E-state index contributed by atoms with van der Waals surface area (Å²) in [5.41, 5.74) is -0.0832. The van der Waals surface area contributed by atoms with E-state index in [1.807, 2.05) is 0 Å². The minimum atomic E-state index is -0.672. The fourth-order valence-corrected chi connectivity index (χ4v) is 3.14. The zero-order valence-corrected chi connectivity index (χ0v) is 16.9. The smallest absolute Gasteiger partial charge is 0.412 e. The van der Waals surface area contributed by atoms with E-state index in [-0.39, 0.29) is 10.6 Å². The summed E-state index contributed by atoms with van der Waals surface area (Å²) in [5.74, 6) is -0.110. The molecule has 9 nitrogen and oxygen atoms in total. The van der Waals surface area contributed by atoms with Crippen LogP contribution in [0.4, 0.5) is 21.9 Å². The minimum absolute atomic E-state index is 0.0998. The van der Waals surface area contributed by atoms with Gasteiger partial charge in [0.1, 0.15) is 11.4 Å². The molecule has 0 aliphatic heterocycles. The number of carbonyl (C=O) groups excluding carboxylic acids is 2. The third-order valence-corrected chi connectivity index (χ3v) is 4.44. The Balaban J connectivity index is 2.20. The number of nitrogens with one attached hydrogen (secondary N) is 2. The SMILES string of the molecule is COc1ccc(NC(=O)c2cc([N+](=O)[O-])c(C)s2)cc1NC(=O)OC(C)(C)C. The molecule has 1 aromatic heterocycles. The molecule has 0 aliphatic carbocycles. The first kappa shape index (κ1) is 21.2. The number of hydrogen-bond acceptors (Lipinski definition) is 7. The second-order valence-electron chi connectivity index (χ2n) is 6.81. The summed E-state index contributed by atoms with van der Waals surface area (Å²) in [6, 6.07) is 5.91. The largest absolute Gasteiger partial charge is 0.495 e. The first-order chi connectivity index (χ1) is 13.0. The van der Waals surface area contributed by atoms with Gasteiger partial charge in [-0.3, -0.25) is 20.2 Å². The molecule has 2 amide bonds. The van der Waals surface area contributed by atoms with Crippen LogP contribution in [0.15, 0.2) is 24.3 Å². The van der Waals surface area contributed by atoms with Crippen molar-refractivity contribution in [2.75, 3.05) is 17.7 Å². The van der Waals surface area contributed by atoms with E-state index in [9.17, 15) is 19.7 Å². The van der Waals surface area contributed by atoms with Gasteiger partial charge in [0.2, 0.25) is 0 Å². The fourth-order valence-electron chi connectivity index (χ4n) is 2.26. The van der Waals surface area contributed by atoms with Gasteiger partial charge in [-0.15, -0.1) is 11.3 Å². The number of thiophene rings is 1. The molecule has 10 heteroatoms. The summed E-state index contributed by atoms with van der Waals surface area (Å²) in [6.45, 7) is 6.80. The highest BCUT2D eigenvalue weighted by Gasteiger charge is 2.21. The van der Waals surface area contributed by atoms with Gasteiger partial charge in [-0.2, -0.15) is 0 Å². The van der Waals surface area contributed by atoms with Crippen molar-refractivity contribution in [3.8, 4) is 5.75 Å². The second kappa shape index (κ2) is 8.26. The maximum Gasteiger partial charge on any atom is 0.412 e. The van der Waals surface area contributed by atoms with Gasteiger partial charge in [0, 0.05) is 11.8 Å². The number of amides is 2. The Labute approximate surface area is 165 Å². The number of carbonyl (C=O) groups is 2. The molecule has 0 radical (unpaired) electrons. The molecule has 1 heterocycles. The van der Waals surface area contributed by atoms with E-state index in [1.165, 1.54) is 19.2 Å². The number of nitrogens with zero attached hydrogens (tertiary/aromatic N) is 1. The highest BCUT2D eigenvalue weighted by atomic mass is 32.1. The molecular formula is C18H21N3O6S. The second-order valence-corrected chi connectivity index (χ2v) is 8.06. The third-order valence-electron chi connectivity index (χ3n) is 3.41. The lowest BCUT2D eigenvalue weighted by Gasteiger charge is -2.20. The van der Waals surface area contributed by atoms with E-state index in [2.05, 4.69) is 10.6 Å². The topological polar surface area (TPSA) is 120 Å². The van der Waals surface area contributed by atoms with E-state index in [0.29, 0.717) is 22.0 Å². The Hall–Kier alpha value is -3.14. The van der Waals surface area contributed by atoms with Crippen molar-refractivity contribution >= 4 is 40.4 Å². The number of aryl methyl sites for hydroxylation is 1. The van der Waals surface area contributed by atoms with Gasteiger partial charge in [0.15, 0.2) is 0 Å². The fraction of sp³-hybridized carbons (Fsp3) is 0.333. The van der Waals surface area contributed by atoms with Crippen LogP contribution >= 0.6 is 11.3 Å². The molecule has 28 heavy (non-hydrogen) atoms. The third kappa shape index (κ3) is 5.43. The Morgan fingerprint density at radius 2 is 1.86 bits per heavy atom. The maximum atomic E-state index is 12.4. The first-order valence-electron chi connectivity index (χ1n) is 8.24. The van der Waals surface area contributed by atoms with E-state index in [4.69, 9.17) is 9.47 Å². The van der Waals surface area contributed by atoms with Crippen molar-refractivity contribution in [3.05, 3.63) is 44.1 Å². The zero-order chi connectivity index (χ0) is 21.1. The molecule has 2 rings (SSSR count). The van der Waals surface area contributed by atoms with Crippen LogP contribution in [0.3, 0.4) is 0 Å². The van der Waals surface area contributed by atoms with Crippen LogP contribution in [0.25, 0.3) is 0 Å². The molecule has 150 valence electrons. The highest BCUT2D eigenvalue weighted by Crippen LogP contribution is 2.31. The van der Waals surface area contributed by atoms with Crippen LogP contribution in [-0.4, -0.2) is 29.6 Å². The van der Waals surface area contributed by atoms with Crippen molar-refractivity contribution in [1.82, 2.24) is 0 Å². The Kier molecular flexibility index (Phi) is 6.24. The first-order valence-corrected chi connectivity index (χ1v) is 9.06. The minimum Gasteiger partial charge on any atom is -0.495 e. The zero-order valence-electron chi connectivity index (χ0n) is 16.1. The molecule has 0 aliphatic rings. The quantitative estimate of drug-likeness (QED) is 0.553. The van der Waals surface area contributed by atoms with Gasteiger partial charge in [-0.25, -0.2) is 4.79 Å². The van der Waals surface area contributed by atoms with Crippen LogP contribution in [0.1, 0.15) is 35.3 Å². The normalized spacial score (nSPS) is 10.9. The van der Waals surface area contributed by atoms with Crippen molar-refractivity contribution in [1.29, 1.82) is 0 Å².